The van der Waals surface area contributed by atoms with Gasteiger partial charge in [-0.05, 0) is 177 Å². The molecule has 0 amide bonds. The summed E-state index contributed by atoms with van der Waals surface area (Å²) in [5, 5.41) is 38.0. The van der Waals surface area contributed by atoms with E-state index in [9.17, 15) is 15.3 Å². The average molecular weight is 1170 g/mol. The van der Waals surface area contributed by atoms with Crippen LogP contribution in [0.5, 0.6) is 11.5 Å². The van der Waals surface area contributed by atoms with Gasteiger partial charge in [-0.2, -0.15) is 0 Å². The Morgan fingerprint density at radius 1 is 0.524 bits per heavy atom. The molecule has 0 saturated heterocycles. The SMILES string of the molecule is CCCCC[C@H](O)CC[C@@H]1[C@H]2Cc3cccc(O)c3C[C@H]2C[C@H]1O[Si](c1ccccc1)(c1ccccc1)C(C)(C)C.CCCCC[C@H](O)CC[C@H]1[C@H](O[Si](c2ccccc2)(c2ccccc2)C(C)(C)C)C[C@@H]2Cc3c(cccc3OC)C[C@@]21C. The van der Waals surface area contributed by atoms with E-state index in [1.54, 1.807) is 7.11 Å². The lowest BCUT2D eigenvalue weighted by Crippen LogP contribution is -2.68. The van der Waals surface area contributed by atoms with E-state index in [1.807, 2.05) is 12.1 Å². The molecule has 3 N–H and O–H groups in total. The highest BCUT2D eigenvalue weighted by atomic mass is 28.4. The van der Waals surface area contributed by atoms with Gasteiger partial charge in [0.05, 0.1) is 19.3 Å². The highest BCUT2D eigenvalue weighted by Crippen LogP contribution is 2.59. The number of unbranched alkanes of at least 4 members (excludes halogenated alkanes) is 4. The van der Waals surface area contributed by atoms with Gasteiger partial charge in [-0.1, -0.05) is 246 Å². The normalized spacial score (nSPS) is 23.7. The molecule has 6 nitrogen and oxygen atoms in total. The second kappa shape index (κ2) is 27.9. The molecule has 0 spiro atoms. The number of rotatable bonds is 23. The van der Waals surface area contributed by atoms with Gasteiger partial charge < -0.3 is 28.9 Å². The fourth-order valence-electron chi connectivity index (χ4n) is 16.6. The molecule has 84 heavy (non-hydrogen) atoms. The molecule has 6 aromatic carbocycles. The molecule has 4 aliphatic rings. The van der Waals surface area contributed by atoms with Crippen molar-refractivity contribution in [2.24, 2.45) is 35.0 Å². The molecule has 10 atom stereocenters. The van der Waals surface area contributed by atoms with Gasteiger partial charge in [-0.3, -0.25) is 0 Å². The van der Waals surface area contributed by atoms with Crippen molar-refractivity contribution >= 4 is 37.4 Å². The number of aromatic hydroxyl groups is 1. The largest absolute Gasteiger partial charge is 0.508 e. The summed E-state index contributed by atoms with van der Waals surface area (Å²) in [7, 11) is -3.62. The number of phenols is 1. The second-order valence-electron chi connectivity index (χ2n) is 28.3. The number of fused-ring (bicyclic) bond motifs is 4. The van der Waals surface area contributed by atoms with E-state index in [1.165, 1.54) is 63.1 Å². The number of phenolic OH excluding ortho intramolecular Hbond substituents is 1. The van der Waals surface area contributed by atoms with E-state index < -0.39 is 16.6 Å². The number of aliphatic hydroxyl groups excluding tert-OH is 2. The van der Waals surface area contributed by atoms with Crippen LogP contribution in [0.25, 0.3) is 0 Å². The lowest BCUT2D eigenvalue weighted by molar-refractivity contribution is 0.0572. The number of methoxy groups -OCH3 is 1. The standard InChI is InChI=1S/C39H54O3Si.C37H50O3Si/c1-7-8-11-18-31(40)24-25-35-37(27-30-26-34-29(28-39(30,35)5)17-16-23-36(34)41-6)42-43(38(2,3)4,32-19-12-9-13-20-32)33-21-14-10-15-22-33;1-5-6-9-16-29(38)22-23-32-33-24-27-15-14-21-35(39)34(27)25-28(33)26-36(32)40-41(37(2,3)4,30-17-10-7-11-18-30)31-19-12-8-13-20-31/h9-10,12-17,19-23,30-31,35,37,40H,7-8,11,18,24-28H2,1-6H3;7-8,10-15,17-21,28-29,32-33,36,38-39H,5-6,9,16,22-26H2,1-4H3/t30-,31-,35-,37+,39-;28-,29-,32+,33-,36+/m00/s1. The van der Waals surface area contributed by atoms with Crippen LogP contribution in [0.4, 0.5) is 0 Å². The fourth-order valence-corrected chi connectivity index (χ4v) is 26.1. The fraction of sp³-hybridized carbons (Fsp3) is 0.526. The van der Waals surface area contributed by atoms with Gasteiger partial charge in [0.25, 0.3) is 16.6 Å². The Labute approximate surface area is 509 Å². The first-order chi connectivity index (χ1) is 40.4. The lowest BCUT2D eigenvalue weighted by atomic mass is 9.62. The minimum Gasteiger partial charge on any atom is -0.508 e. The minimum absolute atomic E-state index is 0.0687. The topological polar surface area (TPSA) is 88.4 Å². The van der Waals surface area contributed by atoms with Crippen molar-refractivity contribution in [1.82, 2.24) is 0 Å². The minimum atomic E-state index is -2.72. The van der Waals surface area contributed by atoms with Crippen LogP contribution in [-0.2, 0) is 34.5 Å². The highest BCUT2D eigenvalue weighted by Gasteiger charge is 2.60. The highest BCUT2D eigenvalue weighted by molar-refractivity contribution is 7.00. The third-order valence-electron chi connectivity index (χ3n) is 21.0. The Bertz CT molecular complexity index is 2900. The summed E-state index contributed by atoms with van der Waals surface area (Å²) >= 11 is 0. The van der Waals surface area contributed by atoms with Crippen LogP contribution < -0.4 is 25.5 Å². The molecule has 6 aromatic rings. The van der Waals surface area contributed by atoms with E-state index in [4.69, 9.17) is 13.6 Å². The maximum Gasteiger partial charge on any atom is 0.261 e. The zero-order valence-corrected chi connectivity index (χ0v) is 55.0. The van der Waals surface area contributed by atoms with Crippen LogP contribution in [0.3, 0.4) is 0 Å². The molecule has 8 heteroatoms. The van der Waals surface area contributed by atoms with Crippen molar-refractivity contribution in [2.45, 2.75) is 212 Å². The summed E-state index contributed by atoms with van der Waals surface area (Å²) in [5.74, 6) is 3.75. The molecule has 4 aliphatic carbocycles. The zero-order chi connectivity index (χ0) is 59.7. The van der Waals surface area contributed by atoms with E-state index in [0.717, 1.165) is 101 Å². The molecule has 2 fully saturated rings. The van der Waals surface area contributed by atoms with Crippen molar-refractivity contribution in [1.29, 1.82) is 0 Å². The number of hydrogen-bond acceptors (Lipinski definition) is 6. The summed E-state index contributed by atoms with van der Waals surface area (Å²) < 4.78 is 21.6. The molecular weight excluding hydrogens is 1070 g/mol. The van der Waals surface area contributed by atoms with Gasteiger partial charge in [-0.25, -0.2) is 0 Å². The van der Waals surface area contributed by atoms with Crippen LogP contribution in [0.15, 0.2) is 158 Å². The van der Waals surface area contributed by atoms with Gasteiger partial charge in [0.2, 0.25) is 0 Å². The van der Waals surface area contributed by atoms with E-state index in [-0.39, 0.29) is 39.9 Å². The Morgan fingerprint density at radius 3 is 1.49 bits per heavy atom. The Kier molecular flexibility index (Phi) is 21.2. The van der Waals surface area contributed by atoms with Crippen molar-refractivity contribution in [3.63, 3.8) is 0 Å². The quantitative estimate of drug-likeness (QED) is 0.0438. The van der Waals surface area contributed by atoms with Crippen molar-refractivity contribution in [3.05, 3.63) is 180 Å². The molecule has 0 aromatic heterocycles. The van der Waals surface area contributed by atoms with E-state index >= 15 is 0 Å². The first-order valence-corrected chi connectivity index (χ1v) is 36.6. The number of hydrogen-bond donors (Lipinski definition) is 3. The first-order valence-electron chi connectivity index (χ1n) is 32.8. The van der Waals surface area contributed by atoms with Gasteiger partial charge in [0.1, 0.15) is 11.5 Å². The molecule has 452 valence electrons. The average Bonchev–Trinajstić information content (AvgIpc) is 1.60. The summed E-state index contributed by atoms with van der Waals surface area (Å²) in [6.07, 6.45) is 18.3. The maximum absolute atomic E-state index is 11.1. The Hall–Kier alpha value is -4.81. The van der Waals surface area contributed by atoms with Crippen LogP contribution in [0, 0.1) is 35.0 Å². The van der Waals surface area contributed by atoms with Crippen molar-refractivity contribution in [2.75, 3.05) is 7.11 Å². The van der Waals surface area contributed by atoms with Crippen LogP contribution in [-0.4, -0.2) is 63.5 Å². The summed E-state index contributed by atoms with van der Waals surface area (Å²) in [6.45, 7) is 21.2. The second-order valence-corrected chi connectivity index (χ2v) is 36.8. The van der Waals surface area contributed by atoms with Crippen LogP contribution >= 0.6 is 0 Å². The predicted octanol–water partition coefficient (Wildman–Crippen LogP) is 15.5. The van der Waals surface area contributed by atoms with E-state index in [0.29, 0.717) is 35.3 Å². The monoisotopic (exact) mass is 1170 g/mol. The lowest BCUT2D eigenvalue weighted by Gasteiger charge is -2.47. The third-order valence-corrected chi connectivity index (χ3v) is 31.1. The number of aliphatic hydroxyl groups is 2. The molecular formula is C76H104O6Si2. The third kappa shape index (κ3) is 13.5. The van der Waals surface area contributed by atoms with Crippen LogP contribution in [0.1, 0.15) is 174 Å². The summed E-state index contributed by atoms with van der Waals surface area (Å²) in [4.78, 5) is 0. The zero-order valence-electron chi connectivity index (χ0n) is 53.0. The smallest absolute Gasteiger partial charge is 0.261 e. The molecule has 0 heterocycles. The van der Waals surface area contributed by atoms with Gasteiger partial charge >= 0.3 is 0 Å². The van der Waals surface area contributed by atoms with Gasteiger partial charge in [-0.15, -0.1) is 0 Å². The predicted molar refractivity (Wildman–Crippen MR) is 354 cm³/mol. The molecule has 0 radical (unpaired) electrons. The molecule has 2 saturated carbocycles. The molecule has 0 aliphatic heterocycles. The van der Waals surface area contributed by atoms with Gasteiger partial charge in [0.15, 0.2) is 0 Å². The van der Waals surface area contributed by atoms with Crippen LogP contribution in [0.2, 0.25) is 10.1 Å². The van der Waals surface area contributed by atoms with E-state index in [2.05, 4.69) is 208 Å². The molecule has 0 unspecified atom stereocenters. The number of ether oxygens (including phenoxy) is 1. The summed E-state index contributed by atoms with van der Waals surface area (Å²) in [6, 6.07) is 56.8. The maximum atomic E-state index is 11.1. The van der Waals surface area contributed by atoms with Crippen molar-refractivity contribution < 1.29 is 28.9 Å². The number of benzene rings is 6. The summed E-state index contributed by atoms with van der Waals surface area (Å²) in [5.41, 5.74) is 5.36. The molecule has 0 bridgehead atoms. The van der Waals surface area contributed by atoms with Crippen molar-refractivity contribution in [3.8, 4) is 11.5 Å². The first kappa shape index (κ1) is 63.7. The molecule has 10 rings (SSSR count). The Balaban J connectivity index is 0.000000202. The Morgan fingerprint density at radius 2 is 1.00 bits per heavy atom. The van der Waals surface area contributed by atoms with Gasteiger partial charge in [0, 0.05) is 12.2 Å².